The van der Waals surface area contributed by atoms with E-state index >= 15 is 0 Å². The van der Waals surface area contributed by atoms with Crippen LogP contribution in [0, 0.1) is 0 Å². The number of halogens is 1. The maximum Gasteiger partial charge on any atom is 0.410 e. The number of aromatic nitrogens is 3. The highest BCUT2D eigenvalue weighted by Crippen LogP contribution is 2.45. The van der Waals surface area contributed by atoms with Crippen molar-refractivity contribution < 1.29 is 32.2 Å². The molecular weight excluding hydrogens is 724 g/mol. The molecule has 1 saturated heterocycles. The Labute approximate surface area is 312 Å². The molecule has 0 spiro atoms. The third kappa shape index (κ3) is 6.80. The average molecular weight is 765 g/mol. The van der Waals surface area contributed by atoms with Gasteiger partial charge in [0.2, 0.25) is 10.0 Å². The van der Waals surface area contributed by atoms with Gasteiger partial charge in [0.15, 0.2) is 11.2 Å². The first-order chi connectivity index (χ1) is 24.7. The molecule has 2 aliphatic heterocycles. The Hall–Kier alpha value is -4.01. The molecule has 1 unspecified atom stereocenters. The zero-order valence-corrected chi connectivity index (χ0v) is 32.1. The molecule has 52 heavy (non-hydrogen) atoms. The molecule has 7 rings (SSSR count). The fraction of sp³-hybridized carbons (Fsp3) is 0.395. The summed E-state index contributed by atoms with van der Waals surface area (Å²) in [4.78, 5) is 24.4. The molecule has 4 aromatic rings. The van der Waals surface area contributed by atoms with E-state index in [4.69, 9.17) is 35.5 Å². The molecule has 0 N–H and O–H groups in total. The number of thiazole rings is 1. The molecule has 11 nitrogen and oxygen atoms in total. The molecule has 1 aromatic carbocycles. The van der Waals surface area contributed by atoms with Crippen LogP contribution in [-0.4, -0.2) is 77.1 Å². The number of carbonyl (C=O) groups excluding carboxylic acids is 1. The Kier molecular flexibility index (Phi) is 9.62. The topological polar surface area (TPSA) is 122 Å². The van der Waals surface area contributed by atoms with Crippen molar-refractivity contribution in [3.05, 3.63) is 99.3 Å². The SMILES string of the molecule is COc1ccc(COC2(c3ncc(C4=CCC(C)(S(=O)(=O)n5c(C6=CCN(C(=O)OC(C)(C)C)CC6)cc6cccnc65)C=C4Cl)s3)COC2)cc1. The van der Waals surface area contributed by atoms with Crippen LogP contribution < -0.4 is 4.74 Å². The summed E-state index contributed by atoms with van der Waals surface area (Å²) in [5, 5.41) is 1.79. The number of rotatable bonds is 9. The molecular formula is C38H41ClN4O7S2. The number of hydrogen-bond donors (Lipinski definition) is 0. The number of carbonyl (C=O) groups is 1. The molecule has 5 heterocycles. The average Bonchev–Trinajstić information content (AvgIpc) is 3.74. The molecule has 1 fully saturated rings. The lowest BCUT2D eigenvalue weighted by Crippen LogP contribution is -2.48. The summed E-state index contributed by atoms with van der Waals surface area (Å²) in [5.41, 5.74) is 2.10. The molecule has 1 aliphatic carbocycles. The summed E-state index contributed by atoms with van der Waals surface area (Å²) in [6, 6.07) is 13.2. The van der Waals surface area contributed by atoms with Gasteiger partial charge in [0.05, 0.1) is 37.5 Å². The van der Waals surface area contributed by atoms with Gasteiger partial charge in [-0.15, -0.1) is 11.3 Å². The number of nitrogens with zero attached hydrogens (tertiary/aromatic N) is 4. The Bertz CT molecular complexity index is 2210. The van der Waals surface area contributed by atoms with E-state index < -0.39 is 32.1 Å². The summed E-state index contributed by atoms with van der Waals surface area (Å²) < 4.78 is 52.3. The Morgan fingerprint density at radius 3 is 2.52 bits per heavy atom. The van der Waals surface area contributed by atoms with Crippen LogP contribution >= 0.6 is 22.9 Å². The van der Waals surface area contributed by atoms with E-state index in [1.165, 1.54) is 15.3 Å². The molecule has 0 saturated carbocycles. The van der Waals surface area contributed by atoms with Crippen molar-refractivity contribution in [2.75, 3.05) is 33.4 Å². The van der Waals surface area contributed by atoms with Crippen molar-refractivity contribution in [1.82, 2.24) is 18.8 Å². The Morgan fingerprint density at radius 2 is 1.88 bits per heavy atom. The van der Waals surface area contributed by atoms with Crippen molar-refractivity contribution in [1.29, 1.82) is 0 Å². The maximum atomic E-state index is 14.8. The fourth-order valence-corrected chi connectivity index (χ4v) is 9.81. The van der Waals surface area contributed by atoms with Crippen LogP contribution in [0.15, 0.2) is 78.1 Å². The number of fused-ring (bicyclic) bond motifs is 1. The van der Waals surface area contributed by atoms with Gasteiger partial charge in [0.25, 0.3) is 0 Å². The van der Waals surface area contributed by atoms with E-state index in [-0.39, 0.29) is 6.42 Å². The van der Waals surface area contributed by atoms with Gasteiger partial charge in [0.1, 0.15) is 21.1 Å². The third-order valence-electron chi connectivity index (χ3n) is 9.45. The second-order valence-electron chi connectivity index (χ2n) is 14.4. The third-order valence-corrected chi connectivity index (χ3v) is 13.3. The molecule has 274 valence electrons. The van der Waals surface area contributed by atoms with Crippen molar-refractivity contribution in [2.24, 2.45) is 0 Å². The molecule has 0 radical (unpaired) electrons. The summed E-state index contributed by atoms with van der Waals surface area (Å²) in [7, 11) is -2.49. The lowest BCUT2D eigenvalue weighted by molar-refractivity contribution is -0.222. The lowest BCUT2D eigenvalue weighted by Gasteiger charge is -2.39. The van der Waals surface area contributed by atoms with Gasteiger partial charge in [-0.05, 0) is 88.1 Å². The van der Waals surface area contributed by atoms with Crippen molar-refractivity contribution >= 4 is 61.2 Å². The lowest BCUT2D eigenvalue weighted by atomic mass is 9.97. The van der Waals surface area contributed by atoms with E-state index in [0.717, 1.165) is 32.3 Å². The van der Waals surface area contributed by atoms with Crippen LogP contribution in [0.3, 0.4) is 0 Å². The molecule has 14 heteroatoms. The largest absolute Gasteiger partial charge is 0.497 e. The highest BCUT2D eigenvalue weighted by atomic mass is 35.5. The summed E-state index contributed by atoms with van der Waals surface area (Å²) >= 11 is 8.42. The van der Waals surface area contributed by atoms with Crippen molar-refractivity contribution in [2.45, 2.75) is 63.1 Å². The minimum absolute atomic E-state index is 0.174. The zero-order valence-electron chi connectivity index (χ0n) is 29.7. The van der Waals surface area contributed by atoms with E-state index in [1.807, 2.05) is 69.3 Å². The van der Waals surface area contributed by atoms with Crippen LogP contribution in [0.4, 0.5) is 4.79 Å². The smallest absolute Gasteiger partial charge is 0.410 e. The van der Waals surface area contributed by atoms with Crippen molar-refractivity contribution in [3.63, 3.8) is 0 Å². The van der Waals surface area contributed by atoms with Crippen LogP contribution in [0.2, 0.25) is 0 Å². The minimum atomic E-state index is -4.12. The number of amides is 1. The van der Waals surface area contributed by atoms with Crippen LogP contribution in [0.5, 0.6) is 5.75 Å². The molecule has 3 aliphatic rings. The van der Waals surface area contributed by atoms with Gasteiger partial charge in [-0.3, -0.25) is 0 Å². The van der Waals surface area contributed by atoms with E-state index in [2.05, 4.69) is 4.98 Å². The highest BCUT2D eigenvalue weighted by Gasteiger charge is 2.46. The van der Waals surface area contributed by atoms with Crippen LogP contribution in [0.25, 0.3) is 22.2 Å². The molecule has 1 amide bonds. The van der Waals surface area contributed by atoms with Gasteiger partial charge in [-0.1, -0.05) is 35.9 Å². The quantitative estimate of drug-likeness (QED) is 0.170. The van der Waals surface area contributed by atoms with E-state index in [9.17, 15) is 13.2 Å². The number of pyridine rings is 1. The van der Waals surface area contributed by atoms with Crippen LogP contribution in [-0.2, 0) is 36.4 Å². The maximum absolute atomic E-state index is 14.8. The van der Waals surface area contributed by atoms with Crippen LogP contribution in [0.1, 0.15) is 61.7 Å². The molecule has 0 bridgehead atoms. The van der Waals surface area contributed by atoms with Gasteiger partial charge in [-0.2, -0.15) is 0 Å². The van der Waals surface area contributed by atoms with Gasteiger partial charge >= 0.3 is 6.09 Å². The van der Waals surface area contributed by atoms with E-state index in [1.54, 1.807) is 43.5 Å². The Morgan fingerprint density at radius 1 is 1.12 bits per heavy atom. The molecule has 1 atom stereocenters. The standard InChI is InChI=1S/C38H41ClN4O7S2/c1-36(2,3)50-35(44)42-17-13-26(14-18-42)31-19-27-7-6-16-40-33(27)43(31)52(45,46)37(4)15-12-29(30(39)20-37)32-21-41-34(51-32)38(23-48-24-38)49-22-25-8-10-28(47-5)11-9-25/h6-13,16,19-21H,14-15,17-18,22-24H2,1-5H3. The molecule has 3 aromatic heterocycles. The van der Waals surface area contributed by atoms with Gasteiger partial charge < -0.3 is 23.8 Å². The number of methoxy groups -OCH3 is 1. The first-order valence-electron chi connectivity index (χ1n) is 17.0. The minimum Gasteiger partial charge on any atom is -0.497 e. The Balaban J connectivity index is 1.13. The summed E-state index contributed by atoms with van der Waals surface area (Å²) in [5.74, 6) is 0.776. The summed E-state index contributed by atoms with van der Waals surface area (Å²) in [6.07, 6.45) is 8.95. The normalized spacial score (nSPS) is 20.5. The predicted octanol–water partition coefficient (Wildman–Crippen LogP) is 7.51. The first kappa shape index (κ1) is 36.4. The van der Waals surface area contributed by atoms with Gasteiger partial charge in [0, 0.05) is 41.5 Å². The zero-order chi connectivity index (χ0) is 36.9. The number of hydrogen-bond acceptors (Lipinski definition) is 10. The first-order valence-corrected chi connectivity index (χ1v) is 19.6. The second-order valence-corrected chi connectivity index (χ2v) is 18.1. The number of ether oxygens (including phenoxy) is 4. The summed E-state index contributed by atoms with van der Waals surface area (Å²) in [6.45, 7) is 8.99. The monoisotopic (exact) mass is 764 g/mol. The predicted molar refractivity (Wildman–Crippen MR) is 202 cm³/mol. The number of allylic oxidation sites excluding steroid dienone is 3. The van der Waals surface area contributed by atoms with Gasteiger partial charge in [-0.25, -0.2) is 27.2 Å². The number of benzene rings is 1. The highest BCUT2D eigenvalue weighted by molar-refractivity contribution is 7.91. The second kappa shape index (κ2) is 13.8. The fourth-order valence-electron chi connectivity index (χ4n) is 6.39. The van der Waals surface area contributed by atoms with Crippen molar-refractivity contribution in [3.8, 4) is 5.75 Å². The van der Waals surface area contributed by atoms with E-state index in [0.29, 0.717) is 61.1 Å².